The van der Waals surface area contributed by atoms with Crippen LogP contribution in [0.15, 0.2) is 53.1 Å². The third-order valence-corrected chi connectivity index (χ3v) is 5.19. The van der Waals surface area contributed by atoms with E-state index < -0.39 is 0 Å². The molecule has 1 aromatic heterocycles. The van der Waals surface area contributed by atoms with Crippen LogP contribution in [0.4, 0.5) is 4.39 Å². The molecule has 0 amide bonds. The van der Waals surface area contributed by atoms with Crippen molar-refractivity contribution in [3.05, 3.63) is 82.8 Å². The first-order valence-corrected chi connectivity index (χ1v) is 9.48. The summed E-state index contributed by atoms with van der Waals surface area (Å²) < 4.78 is 19.3. The fourth-order valence-electron chi connectivity index (χ4n) is 3.65. The Hall–Kier alpha value is -3.04. The van der Waals surface area contributed by atoms with Crippen LogP contribution in [0.2, 0.25) is 0 Å². The number of benzene rings is 2. The summed E-state index contributed by atoms with van der Waals surface area (Å²) in [6, 6.07) is 16.6. The number of nitrogens with zero attached hydrogens (tertiary/aromatic N) is 4. The lowest BCUT2D eigenvalue weighted by molar-refractivity contribution is 0.187. The lowest BCUT2D eigenvalue weighted by Gasteiger charge is -2.30. The fourth-order valence-corrected chi connectivity index (χ4v) is 3.65. The molecule has 1 aliphatic heterocycles. The van der Waals surface area contributed by atoms with E-state index in [9.17, 15) is 4.39 Å². The van der Waals surface area contributed by atoms with Crippen molar-refractivity contribution in [1.29, 1.82) is 5.26 Å². The Morgan fingerprint density at radius 2 is 1.96 bits per heavy atom. The van der Waals surface area contributed by atoms with Crippen molar-refractivity contribution in [2.45, 2.75) is 31.7 Å². The van der Waals surface area contributed by atoms with Crippen LogP contribution in [0.1, 0.15) is 47.2 Å². The highest BCUT2D eigenvalue weighted by molar-refractivity contribution is 5.32. The van der Waals surface area contributed by atoms with E-state index >= 15 is 0 Å². The molecule has 2 heterocycles. The number of halogens is 1. The average molecular weight is 376 g/mol. The number of rotatable bonds is 5. The van der Waals surface area contributed by atoms with E-state index in [1.165, 1.54) is 6.07 Å². The van der Waals surface area contributed by atoms with E-state index in [4.69, 9.17) is 9.78 Å². The molecule has 0 atom stereocenters. The van der Waals surface area contributed by atoms with E-state index in [0.717, 1.165) is 38.0 Å². The second-order valence-corrected chi connectivity index (χ2v) is 7.18. The molecule has 5 nitrogen and oxygen atoms in total. The van der Waals surface area contributed by atoms with Gasteiger partial charge in [0.1, 0.15) is 5.82 Å². The fraction of sp³-hybridized carbons (Fsp3) is 0.318. The monoisotopic (exact) mass is 376 g/mol. The molecule has 0 N–H and O–H groups in total. The summed E-state index contributed by atoms with van der Waals surface area (Å²) in [5, 5.41) is 13.1. The van der Waals surface area contributed by atoms with Gasteiger partial charge in [-0.15, -0.1) is 0 Å². The van der Waals surface area contributed by atoms with Crippen molar-refractivity contribution in [2.75, 3.05) is 13.1 Å². The molecule has 0 spiro atoms. The molecule has 1 saturated heterocycles. The number of likely N-dealkylation sites (tertiary alicyclic amines) is 1. The molecule has 1 aliphatic rings. The van der Waals surface area contributed by atoms with Gasteiger partial charge in [0.05, 0.1) is 11.6 Å². The molecule has 0 aliphatic carbocycles. The minimum atomic E-state index is -0.248. The van der Waals surface area contributed by atoms with Gasteiger partial charge in [0.15, 0.2) is 5.82 Å². The van der Waals surface area contributed by atoms with Gasteiger partial charge in [0.2, 0.25) is 5.89 Å². The summed E-state index contributed by atoms with van der Waals surface area (Å²) >= 11 is 0. The molecule has 0 unspecified atom stereocenters. The van der Waals surface area contributed by atoms with E-state index in [1.54, 1.807) is 18.2 Å². The first-order valence-electron chi connectivity index (χ1n) is 9.48. The summed E-state index contributed by atoms with van der Waals surface area (Å²) in [5.74, 6) is 1.17. The molecule has 0 bridgehead atoms. The molecule has 3 aromatic rings. The predicted molar refractivity (Wildman–Crippen MR) is 102 cm³/mol. The molecule has 1 fully saturated rings. The van der Waals surface area contributed by atoms with Crippen molar-refractivity contribution in [3.63, 3.8) is 0 Å². The number of nitriles is 1. The Bertz CT molecular complexity index is 986. The van der Waals surface area contributed by atoms with Gasteiger partial charge in [0.25, 0.3) is 0 Å². The molecular formula is C22H21FN4O. The number of aromatic nitrogens is 2. The summed E-state index contributed by atoms with van der Waals surface area (Å²) in [6.45, 7) is 2.71. The maximum atomic E-state index is 13.8. The van der Waals surface area contributed by atoms with Crippen LogP contribution < -0.4 is 0 Å². The highest BCUT2D eigenvalue weighted by Crippen LogP contribution is 2.28. The standard InChI is InChI=1S/C22H21FN4O/c23-20-7-2-1-6-19(20)13-21-25-22(28-26-21)18-8-10-27(11-9-18)15-17-5-3-4-16(12-17)14-24/h1-7,12,18H,8-11,13,15H2. The van der Waals surface area contributed by atoms with Crippen molar-refractivity contribution < 1.29 is 8.91 Å². The second-order valence-electron chi connectivity index (χ2n) is 7.18. The minimum absolute atomic E-state index is 0.239. The molecular weight excluding hydrogens is 355 g/mol. The maximum absolute atomic E-state index is 13.8. The zero-order chi connectivity index (χ0) is 19.3. The van der Waals surface area contributed by atoms with Crippen LogP contribution in [0.25, 0.3) is 0 Å². The Balaban J connectivity index is 1.33. The van der Waals surface area contributed by atoms with Gasteiger partial charge in [0, 0.05) is 18.9 Å². The van der Waals surface area contributed by atoms with E-state index in [1.807, 2.05) is 18.2 Å². The number of hydrogen-bond acceptors (Lipinski definition) is 5. The lowest BCUT2D eigenvalue weighted by Crippen LogP contribution is -2.32. The van der Waals surface area contributed by atoms with Crippen LogP contribution in [0, 0.1) is 17.1 Å². The van der Waals surface area contributed by atoms with Gasteiger partial charge in [-0.2, -0.15) is 10.2 Å². The topological polar surface area (TPSA) is 66.0 Å². The molecule has 0 saturated carbocycles. The van der Waals surface area contributed by atoms with Crippen LogP contribution >= 0.6 is 0 Å². The smallest absolute Gasteiger partial charge is 0.229 e. The van der Waals surface area contributed by atoms with Crippen molar-refractivity contribution >= 4 is 0 Å². The van der Waals surface area contributed by atoms with Crippen molar-refractivity contribution in [3.8, 4) is 6.07 Å². The molecule has 2 aromatic carbocycles. The Morgan fingerprint density at radius 3 is 2.75 bits per heavy atom. The minimum Gasteiger partial charge on any atom is -0.339 e. The average Bonchev–Trinajstić information content (AvgIpc) is 3.19. The van der Waals surface area contributed by atoms with E-state index in [2.05, 4.69) is 27.2 Å². The van der Waals surface area contributed by atoms with Gasteiger partial charge in [-0.3, -0.25) is 4.90 Å². The zero-order valence-corrected chi connectivity index (χ0v) is 15.5. The van der Waals surface area contributed by atoms with Crippen LogP contribution in [0.3, 0.4) is 0 Å². The van der Waals surface area contributed by atoms with E-state index in [-0.39, 0.29) is 11.7 Å². The van der Waals surface area contributed by atoms with Crippen LogP contribution in [-0.2, 0) is 13.0 Å². The Morgan fingerprint density at radius 1 is 1.14 bits per heavy atom. The molecule has 4 rings (SSSR count). The van der Waals surface area contributed by atoms with E-state index in [0.29, 0.717) is 29.3 Å². The predicted octanol–water partition coefficient (Wildman–Crippen LogP) is 4.05. The molecule has 142 valence electrons. The first kappa shape index (κ1) is 18.3. The van der Waals surface area contributed by atoms with Crippen LogP contribution in [-0.4, -0.2) is 28.1 Å². The summed E-state index contributed by atoms with van der Waals surface area (Å²) in [7, 11) is 0. The van der Waals surface area contributed by atoms with Crippen LogP contribution in [0.5, 0.6) is 0 Å². The third-order valence-electron chi connectivity index (χ3n) is 5.19. The number of piperidine rings is 1. The summed E-state index contributed by atoms with van der Waals surface area (Å²) in [5.41, 5.74) is 2.42. The highest BCUT2D eigenvalue weighted by atomic mass is 19.1. The SMILES string of the molecule is N#Cc1cccc(CN2CCC(c3nc(Cc4ccccc4F)no3)CC2)c1. The first-order chi connectivity index (χ1) is 13.7. The summed E-state index contributed by atoms with van der Waals surface area (Å²) in [6.07, 6.45) is 2.22. The van der Waals surface area contributed by atoms with Gasteiger partial charge < -0.3 is 4.52 Å². The zero-order valence-electron chi connectivity index (χ0n) is 15.5. The summed E-state index contributed by atoms with van der Waals surface area (Å²) in [4.78, 5) is 6.88. The Kier molecular flexibility index (Phi) is 5.45. The molecule has 6 heteroatoms. The normalized spacial score (nSPS) is 15.4. The number of hydrogen-bond donors (Lipinski definition) is 0. The molecule has 0 radical (unpaired) electrons. The van der Waals surface area contributed by atoms with Gasteiger partial charge in [-0.25, -0.2) is 4.39 Å². The Labute approximate surface area is 163 Å². The van der Waals surface area contributed by atoms with Crippen molar-refractivity contribution in [2.24, 2.45) is 0 Å². The van der Waals surface area contributed by atoms with Gasteiger partial charge >= 0.3 is 0 Å². The van der Waals surface area contributed by atoms with Gasteiger partial charge in [-0.05, 0) is 55.3 Å². The van der Waals surface area contributed by atoms with Crippen molar-refractivity contribution in [1.82, 2.24) is 15.0 Å². The molecule has 28 heavy (non-hydrogen) atoms. The maximum Gasteiger partial charge on any atom is 0.229 e. The highest BCUT2D eigenvalue weighted by Gasteiger charge is 2.25. The van der Waals surface area contributed by atoms with Gasteiger partial charge in [-0.1, -0.05) is 35.5 Å². The lowest BCUT2D eigenvalue weighted by atomic mass is 9.96. The largest absolute Gasteiger partial charge is 0.339 e. The quantitative estimate of drug-likeness (QED) is 0.672. The second kappa shape index (κ2) is 8.32. The third kappa shape index (κ3) is 4.26.